The lowest BCUT2D eigenvalue weighted by Gasteiger charge is -2.49. The molecule has 2 aromatic rings. The van der Waals surface area contributed by atoms with Crippen molar-refractivity contribution >= 4 is 47.3 Å². The fourth-order valence-electron chi connectivity index (χ4n) is 5.12. The number of fused-ring (bicyclic) bond motifs is 2. The van der Waals surface area contributed by atoms with Crippen LogP contribution in [-0.4, -0.2) is 78.8 Å². The smallest absolute Gasteiger partial charge is 0.352 e. The molecular formula is C27H25N4O8S+. The lowest BCUT2D eigenvalue weighted by molar-refractivity contribution is -0.689. The minimum absolute atomic E-state index is 0.0391. The second-order valence-electron chi connectivity index (χ2n) is 9.53. The summed E-state index contributed by atoms with van der Waals surface area (Å²) < 4.78 is 1.81. The third-order valence-electron chi connectivity index (χ3n) is 7.02. The Hall–Kier alpha value is -4.52. The van der Waals surface area contributed by atoms with Gasteiger partial charge in [0.2, 0.25) is 5.91 Å². The van der Waals surface area contributed by atoms with E-state index >= 15 is 0 Å². The molecule has 0 aliphatic carbocycles. The van der Waals surface area contributed by atoms with Crippen molar-refractivity contribution in [2.45, 2.75) is 43.3 Å². The molecule has 5 rings (SSSR count). The monoisotopic (exact) mass is 565 g/mol. The number of hydrogen-bond acceptors (Lipinski definition) is 7. The van der Waals surface area contributed by atoms with Crippen molar-refractivity contribution in [2.24, 2.45) is 0 Å². The molecular weight excluding hydrogens is 540 g/mol. The van der Waals surface area contributed by atoms with Crippen LogP contribution in [0.2, 0.25) is 0 Å². The molecule has 13 heteroatoms. The fraction of sp³-hybridized carbons (Fsp3) is 0.296. The topological polar surface area (TPSA) is 165 Å². The molecule has 0 spiro atoms. The molecule has 0 radical (unpaired) electrons. The average molecular weight is 566 g/mol. The van der Waals surface area contributed by atoms with Gasteiger partial charge in [0, 0.05) is 29.9 Å². The third-order valence-corrected chi connectivity index (χ3v) is 8.36. The number of imide groups is 1. The summed E-state index contributed by atoms with van der Waals surface area (Å²) in [6.45, 7) is 0.306. The lowest BCUT2D eigenvalue weighted by Crippen LogP contribution is -2.70. The van der Waals surface area contributed by atoms with Gasteiger partial charge in [-0.15, -0.1) is 11.8 Å². The summed E-state index contributed by atoms with van der Waals surface area (Å²) in [6, 6.07) is 9.20. The van der Waals surface area contributed by atoms with E-state index in [1.165, 1.54) is 28.8 Å². The van der Waals surface area contributed by atoms with Crippen LogP contribution in [0.5, 0.6) is 0 Å². The van der Waals surface area contributed by atoms with Crippen LogP contribution in [0.25, 0.3) is 0 Å². The second kappa shape index (κ2) is 10.9. The largest absolute Gasteiger partial charge is 0.480 e. The molecule has 1 saturated heterocycles. The first-order valence-electron chi connectivity index (χ1n) is 12.5. The van der Waals surface area contributed by atoms with Crippen LogP contribution in [0, 0.1) is 0 Å². The summed E-state index contributed by atoms with van der Waals surface area (Å²) in [5.41, 5.74) is 0.765. The third kappa shape index (κ3) is 4.83. The van der Waals surface area contributed by atoms with Gasteiger partial charge in [-0.1, -0.05) is 18.2 Å². The maximum absolute atomic E-state index is 12.9. The number of hydrogen-bond donors (Lipinski definition) is 3. The molecule has 1 aromatic carbocycles. The zero-order valence-electron chi connectivity index (χ0n) is 21.1. The number of carbonyl (C=O) groups excluding carboxylic acids is 4. The van der Waals surface area contributed by atoms with Gasteiger partial charge in [0.1, 0.15) is 23.2 Å². The van der Waals surface area contributed by atoms with Crippen LogP contribution in [0.4, 0.5) is 0 Å². The molecule has 4 amide bonds. The fourth-order valence-corrected chi connectivity index (χ4v) is 6.46. The number of nitrogens with one attached hydrogen (secondary N) is 1. The van der Waals surface area contributed by atoms with E-state index in [2.05, 4.69) is 5.32 Å². The van der Waals surface area contributed by atoms with Crippen molar-refractivity contribution in [2.75, 3.05) is 5.75 Å². The van der Waals surface area contributed by atoms with Crippen molar-refractivity contribution in [1.29, 1.82) is 0 Å². The maximum atomic E-state index is 12.9. The second-order valence-corrected chi connectivity index (χ2v) is 10.6. The molecule has 1 aromatic heterocycles. The van der Waals surface area contributed by atoms with Crippen LogP contribution in [-0.2, 0) is 25.7 Å². The molecule has 3 N–H and O–H groups in total. The molecule has 0 bridgehead atoms. The molecule has 3 aliphatic rings. The van der Waals surface area contributed by atoms with Gasteiger partial charge < -0.3 is 15.5 Å². The molecule has 206 valence electrons. The van der Waals surface area contributed by atoms with E-state index < -0.39 is 53.0 Å². The summed E-state index contributed by atoms with van der Waals surface area (Å²) in [6.07, 6.45) is 3.34. The Bertz CT molecular complexity index is 1420. The molecule has 3 aliphatic heterocycles. The van der Waals surface area contributed by atoms with E-state index in [1.807, 2.05) is 22.8 Å². The highest BCUT2D eigenvalue weighted by Crippen LogP contribution is 2.40. The summed E-state index contributed by atoms with van der Waals surface area (Å²) in [5.74, 6) is -4.66. The van der Waals surface area contributed by atoms with Crippen LogP contribution >= 0.6 is 11.8 Å². The van der Waals surface area contributed by atoms with Crippen molar-refractivity contribution < 1.29 is 43.5 Å². The summed E-state index contributed by atoms with van der Waals surface area (Å²) in [5, 5.41) is 21.6. The Morgan fingerprint density at radius 2 is 1.65 bits per heavy atom. The number of nitrogens with zero attached hydrogens (tertiary/aromatic N) is 3. The first-order valence-corrected chi connectivity index (χ1v) is 13.6. The van der Waals surface area contributed by atoms with Crippen molar-refractivity contribution in [3.8, 4) is 0 Å². The van der Waals surface area contributed by atoms with Crippen LogP contribution in [0.15, 0.2) is 66.1 Å². The van der Waals surface area contributed by atoms with Crippen LogP contribution in [0.1, 0.15) is 40.0 Å². The zero-order chi connectivity index (χ0) is 28.6. The van der Waals surface area contributed by atoms with Gasteiger partial charge in [-0.3, -0.25) is 29.0 Å². The van der Waals surface area contributed by atoms with Gasteiger partial charge in [-0.2, -0.15) is 0 Å². The van der Waals surface area contributed by atoms with Crippen molar-refractivity contribution in [3.63, 3.8) is 0 Å². The minimum Gasteiger partial charge on any atom is -0.480 e. The average Bonchev–Trinajstić information content (AvgIpc) is 3.19. The summed E-state index contributed by atoms with van der Waals surface area (Å²) in [4.78, 5) is 76.8. The quantitative estimate of drug-likeness (QED) is 0.213. The highest BCUT2D eigenvalue weighted by Gasteiger charge is 2.54. The minimum atomic E-state index is -1.45. The SMILES string of the molecule is O=C(CCCC(C(=O)O)N1C(=O)c2ccccc2C1=O)N[C@@H]1C(=O)N2C(C(=O)O)=C(C[n+]3ccccc3)CS[C@@H]12. The number of thioether (sulfide) groups is 1. The maximum Gasteiger partial charge on any atom is 0.352 e. The molecule has 1 fully saturated rings. The first kappa shape index (κ1) is 27.1. The van der Waals surface area contributed by atoms with Gasteiger partial charge in [0.25, 0.3) is 17.7 Å². The summed E-state index contributed by atoms with van der Waals surface area (Å²) >= 11 is 1.36. The van der Waals surface area contributed by atoms with E-state index in [9.17, 15) is 39.0 Å². The molecule has 3 atom stereocenters. The van der Waals surface area contributed by atoms with E-state index in [0.717, 1.165) is 0 Å². The van der Waals surface area contributed by atoms with Crippen molar-refractivity contribution in [1.82, 2.24) is 15.1 Å². The number of β-lactam (4-membered cyclic amide) rings is 1. The number of pyridine rings is 1. The van der Waals surface area contributed by atoms with E-state index in [-0.39, 0.29) is 36.1 Å². The lowest BCUT2D eigenvalue weighted by atomic mass is 10.0. The first-order chi connectivity index (χ1) is 19.2. The number of aromatic nitrogens is 1. The number of benzene rings is 1. The Kier molecular flexibility index (Phi) is 7.39. The van der Waals surface area contributed by atoms with Gasteiger partial charge in [0.05, 0.1) is 11.1 Å². The van der Waals surface area contributed by atoms with Gasteiger partial charge in [-0.25, -0.2) is 14.2 Å². The highest BCUT2D eigenvalue weighted by atomic mass is 32.2. The number of aliphatic carboxylic acids is 2. The van der Waals surface area contributed by atoms with E-state index in [4.69, 9.17) is 0 Å². The predicted octanol–water partition coefficient (Wildman–Crippen LogP) is 0.632. The van der Waals surface area contributed by atoms with Gasteiger partial charge >= 0.3 is 11.9 Å². The standard InChI is InChI=1S/C27H24N4O8S/c32-19(10-6-9-18(26(36)37)30-22(33)16-7-2-3-8-17(16)23(30)34)28-20-24(35)31-21(27(38)39)15(14-40-25(20)31)13-29-11-4-1-5-12-29/h1-5,7-8,11-12,18,20,25H,6,9-10,13-14H2,(H2-,28,32,36,37,38,39)/p+1/t18?,20-,25+/m1/s1. The number of amides is 4. The number of rotatable bonds is 10. The number of carboxylic acid groups (broad SMARTS) is 2. The normalized spacial score (nSPS) is 20.6. The van der Waals surface area contributed by atoms with E-state index in [1.54, 1.807) is 24.5 Å². The Balaban J connectivity index is 1.18. The van der Waals surface area contributed by atoms with Gasteiger partial charge in [0.15, 0.2) is 18.9 Å². The molecule has 40 heavy (non-hydrogen) atoms. The molecule has 0 saturated carbocycles. The zero-order valence-corrected chi connectivity index (χ0v) is 21.9. The predicted molar refractivity (Wildman–Crippen MR) is 139 cm³/mol. The highest BCUT2D eigenvalue weighted by molar-refractivity contribution is 8.00. The summed E-state index contributed by atoms with van der Waals surface area (Å²) in [7, 11) is 0. The molecule has 1 unspecified atom stereocenters. The van der Waals surface area contributed by atoms with Crippen LogP contribution in [0.3, 0.4) is 0 Å². The Labute approximate surface area is 232 Å². The van der Waals surface area contributed by atoms with E-state index in [0.29, 0.717) is 22.8 Å². The van der Waals surface area contributed by atoms with Crippen molar-refractivity contribution in [3.05, 3.63) is 77.3 Å². The van der Waals surface area contributed by atoms with Gasteiger partial charge in [-0.05, 0) is 25.0 Å². The molecule has 4 heterocycles. The Morgan fingerprint density at radius 1 is 1.00 bits per heavy atom. The van der Waals surface area contributed by atoms with Crippen LogP contribution < -0.4 is 9.88 Å². The number of carboxylic acids is 2. The molecule has 12 nitrogen and oxygen atoms in total. The Morgan fingerprint density at radius 3 is 2.25 bits per heavy atom. The number of carbonyl (C=O) groups is 6.